The third-order valence-corrected chi connectivity index (χ3v) is 6.31. The molecule has 0 saturated carbocycles. The van der Waals surface area contributed by atoms with Crippen LogP contribution in [0, 0.1) is 6.92 Å². The zero-order valence-corrected chi connectivity index (χ0v) is 18.2. The number of ether oxygens (including phenoxy) is 1. The van der Waals surface area contributed by atoms with Gasteiger partial charge in [-0.25, -0.2) is 0 Å². The van der Waals surface area contributed by atoms with Gasteiger partial charge in [0.15, 0.2) is 5.16 Å². The van der Waals surface area contributed by atoms with Crippen molar-refractivity contribution in [3.8, 4) is 5.69 Å². The summed E-state index contributed by atoms with van der Waals surface area (Å²) in [6.07, 6.45) is 2.50. The first kappa shape index (κ1) is 20.2. The Kier molecular flexibility index (Phi) is 6.10. The Morgan fingerprint density at radius 2 is 1.76 bits per heavy atom. The summed E-state index contributed by atoms with van der Waals surface area (Å²) in [6, 6.07) is 8.38. The molecule has 2 saturated heterocycles. The van der Waals surface area contributed by atoms with Gasteiger partial charge < -0.3 is 14.5 Å². The molecule has 8 heteroatoms. The summed E-state index contributed by atoms with van der Waals surface area (Å²) >= 11 is 1.46. The standard InChI is InChI=1S/C21H29N5O2S/c1-15-6-8-18(9-7-15)26-20(24-10-4-5-11-24)22-23-21(26)29-14-19(27)25-12-16(2)28-17(3)13-25/h6-9,16-17H,4-5,10-14H2,1-3H3. The van der Waals surface area contributed by atoms with E-state index in [2.05, 4.69) is 50.9 Å². The topological polar surface area (TPSA) is 63.5 Å². The van der Waals surface area contributed by atoms with Crippen LogP contribution in [0.4, 0.5) is 5.95 Å². The van der Waals surface area contributed by atoms with Crippen molar-refractivity contribution in [3.05, 3.63) is 29.8 Å². The van der Waals surface area contributed by atoms with Crippen molar-refractivity contribution in [2.45, 2.75) is 51.0 Å². The molecule has 1 amide bonds. The number of hydrogen-bond donors (Lipinski definition) is 0. The maximum atomic E-state index is 12.8. The highest BCUT2D eigenvalue weighted by atomic mass is 32.2. The van der Waals surface area contributed by atoms with Crippen molar-refractivity contribution in [1.29, 1.82) is 0 Å². The first-order valence-corrected chi connectivity index (χ1v) is 11.3. The van der Waals surface area contributed by atoms with Crippen LogP contribution in [0.2, 0.25) is 0 Å². The van der Waals surface area contributed by atoms with Crippen LogP contribution in [-0.4, -0.2) is 69.7 Å². The molecule has 156 valence electrons. The van der Waals surface area contributed by atoms with E-state index in [1.165, 1.54) is 30.2 Å². The van der Waals surface area contributed by atoms with Gasteiger partial charge in [0.2, 0.25) is 11.9 Å². The molecule has 7 nitrogen and oxygen atoms in total. The van der Waals surface area contributed by atoms with Crippen LogP contribution in [0.3, 0.4) is 0 Å². The van der Waals surface area contributed by atoms with Gasteiger partial charge in [0.05, 0.1) is 23.6 Å². The van der Waals surface area contributed by atoms with Gasteiger partial charge in [-0.05, 0) is 45.7 Å². The van der Waals surface area contributed by atoms with Crippen LogP contribution in [0.5, 0.6) is 0 Å². The average molecular weight is 416 g/mol. The zero-order chi connectivity index (χ0) is 20.4. The number of aromatic nitrogens is 3. The average Bonchev–Trinajstić information content (AvgIpc) is 3.35. The lowest BCUT2D eigenvalue weighted by atomic mass is 10.2. The lowest BCUT2D eigenvalue weighted by molar-refractivity contribution is -0.140. The van der Waals surface area contributed by atoms with Crippen molar-refractivity contribution < 1.29 is 9.53 Å². The fourth-order valence-electron chi connectivity index (χ4n) is 4.00. The lowest BCUT2D eigenvalue weighted by Gasteiger charge is -2.35. The molecule has 2 aliphatic heterocycles. The SMILES string of the molecule is Cc1ccc(-n2c(SCC(=O)N3CC(C)OC(C)C3)nnc2N2CCCC2)cc1. The molecular formula is C21H29N5O2S. The summed E-state index contributed by atoms with van der Waals surface area (Å²) in [4.78, 5) is 17.0. The van der Waals surface area contributed by atoms with E-state index in [0.29, 0.717) is 18.8 Å². The minimum Gasteiger partial charge on any atom is -0.372 e. The van der Waals surface area contributed by atoms with Crippen LogP contribution < -0.4 is 4.90 Å². The zero-order valence-electron chi connectivity index (χ0n) is 17.4. The molecule has 2 fully saturated rings. The van der Waals surface area contributed by atoms with Gasteiger partial charge in [0.25, 0.3) is 0 Å². The van der Waals surface area contributed by atoms with E-state index in [4.69, 9.17) is 4.74 Å². The summed E-state index contributed by atoms with van der Waals surface area (Å²) in [7, 11) is 0. The van der Waals surface area contributed by atoms with E-state index in [-0.39, 0.29) is 18.1 Å². The van der Waals surface area contributed by atoms with Gasteiger partial charge in [0.1, 0.15) is 0 Å². The maximum Gasteiger partial charge on any atom is 0.233 e. The van der Waals surface area contributed by atoms with Crippen LogP contribution in [0.25, 0.3) is 5.69 Å². The van der Waals surface area contributed by atoms with Gasteiger partial charge in [-0.3, -0.25) is 9.36 Å². The molecule has 2 aliphatic rings. The van der Waals surface area contributed by atoms with Crippen molar-refractivity contribution in [1.82, 2.24) is 19.7 Å². The maximum absolute atomic E-state index is 12.8. The molecule has 3 heterocycles. The van der Waals surface area contributed by atoms with E-state index < -0.39 is 0 Å². The molecular weight excluding hydrogens is 386 g/mol. The molecule has 0 aliphatic carbocycles. The highest BCUT2D eigenvalue weighted by molar-refractivity contribution is 7.99. The van der Waals surface area contributed by atoms with Crippen molar-refractivity contribution >= 4 is 23.6 Å². The largest absolute Gasteiger partial charge is 0.372 e. The predicted molar refractivity (Wildman–Crippen MR) is 115 cm³/mol. The smallest absolute Gasteiger partial charge is 0.233 e. The quantitative estimate of drug-likeness (QED) is 0.700. The molecule has 1 aromatic carbocycles. The number of amides is 1. The molecule has 0 N–H and O–H groups in total. The second-order valence-corrected chi connectivity index (χ2v) is 8.93. The number of thioether (sulfide) groups is 1. The normalized spacial score (nSPS) is 22.3. The minimum atomic E-state index is 0.0747. The predicted octanol–water partition coefficient (Wildman–Crippen LogP) is 2.90. The van der Waals surface area contributed by atoms with E-state index in [1.807, 2.05) is 18.7 Å². The third kappa shape index (κ3) is 4.59. The summed E-state index contributed by atoms with van der Waals surface area (Å²) in [5, 5.41) is 9.69. The molecule has 0 spiro atoms. The van der Waals surface area contributed by atoms with Gasteiger partial charge in [-0.15, -0.1) is 10.2 Å². The monoisotopic (exact) mass is 415 g/mol. The summed E-state index contributed by atoms with van der Waals surface area (Å²) < 4.78 is 7.83. The summed E-state index contributed by atoms with van der Waals surface area (Å²) in [5.41, 5.74) is 2.25. The first-order chi connectivity index (χ1) is 14.0. The number of benzene rings is 1. The summed E-state index contributed by atoms with van der Waals surface area (Å²) in [6.45, 7) is 9.39. The lowest BCUT2D eigenvalue weighted by Crippen LogP contribution is -2.48. The Hall–Kier alpha value is -2.06. The van der Waals surface area contributed by atoms with Crippen LogP contribution in [0.15, 0.2) is 29.4 Å². The number of rotatable bonds is 5. The Balaban J connectivity index is 1.54. The molecule has 0 radical (unpaired) electrons. The van der Waals surface area contributed by atoms with Crippen molar-refractivity contribution in [2.24, 2.45) is 0 Å². The van der Waals surface area contributed by atoms with Crippen LogP contribution in [-0.2, 0) is 9.53 Å². The van der Waals surface area contributed by atoms with E-state index in [9.17, 15) is 4.79 Å². The Labute approximate surface area is 176 Å². The molecule has 0 bridgehead atoms. The Bertz CT molecular complexity index is 837. The van der Waals surface area contributed by atoms with Crippen molar-refractivity contribution in [2.75, 3.05) is 36.8 Å². The van der Waals surface area contributed by atoms with Crippen LogP contribution >= 0.6 is 11.8 Å². The second kappa shape index (κ2) is 8.75. The molecule has 29 heavy (non-hydrogen) atoms. The molecule has 2 atom stereocenters. The first-order valence-electron chi connectivity index (χ1n) is 10.3. The highest BCUT2D eigenvalue weighted by Gasteiger charge is 2.27. The Morgan fingerprint density at radius 1 is 1.10 bits per heavy atom. The highest BCUT2D eigenvalue weighted by Crippen LogP contribution is 2.29. The molecule has 4 rings (SSSR count). The van der Waals surface area contributed by atoms with Gasteiger partial charge in [-0.2, -0.15) is 0 Å². The third-order valence-electron chi connectivity index (χ3n) is 5.39. The van der Waals surface area contributed by atoms with Gasteiger partial charge in [-0.1, -0.05) is 29.5 Å². The number of aryl methyl sites for hydroxylation is 1. The second-order valence-electron chi connectivity index (χ2n) is 7.99. The molecule has 2 unspecified atom stereocenters. The molecule has 2 aromatic rings. The number of carbonyl (C=O) groups is 1. The fraction of sp³-hybridized carbons (Fsp3) is 0.571. The molecule has 1 aromatic heterocycles. The van der Waals surface area contributed by atoms with E-state index in [0.717, 1.165) is 29.9 Å². The number of anilines is 1. The van der Waals surface area contributed by atoms with Crippen molar-refractivity contribution in [3.63, 3.8) is 0 Å². The Morgan fingerprint density at radius 3 is 2.41 bits per heavy atom. The number of morpholine rings is 1. The number of nitrogens with zero attached hydrogens (tertiary/aromatic N) is 5. The van der Waals surface area contributed by atoms with E-state index in [1.54, 1.807) is 0 Å². The number of carbonyl (C=O) groups excluding carboxylic acids is 1. The fourth-order valence-corrected chi connectivity index (χ4v) is 4.85. The number of hydrogen-bond acceptors (Lipinski definition) is 6. The van der Waals surface area contributed by atoms with E-state index >= 15 is 0 Å². The van der Waals surface area contributed by atoms with Gasteiger partial charge >= 0.3 is 0 Å². The minimum absolute atomic E-state index is 0.0747. The van der Waals surface area contributed by atoms with Crippen LogP contribution in [0.1, 0.15) is 32.3 Å². The summed E-state index contributed by atoms with van der Waals surface area (Å²) in [5.74, 6) is 1.34. The van der Waals surface area contributed by atoms with Gasteiger partial charge in [0, 0.05) is 26.2 Å².